The van der Waals surface area contributed by atoms with E-state index in [1.165, 1.54) is 28.9 Å². The quantitative estimate of drug-likeness (QED) is 0.378. The molecule has 0 saturated carbocycles. The van der Waals surface area contributed by atoms with Gasteiger partial charge in [0.05, 0.1) is 21.7 Å². The molecule has 138 valence electrons. The van der Waals surface area contributed by atoms with Crippen molar-refractivity contribution in [2.45, 2.75) is 6.42 Å². The van der Waals surface area contributed by atoms with Gasteiger partial charge < -0.3 is 0 Å². The van der Waals surface area contributed by atoms with Gasteiger partial charge in [-0.1, -0.05) is 41.9 Å². The van der Waals surface area contributed by atoms with Gasteiger partial charge in [-0.3, -0.25) is 14.9 Å². The van der Waals surface area contributed by atoms with Gasteiger partial charge in [0.25, 0.3) is 11.2 Å². The van der Waals surface area contributed by atoms with Gasteiger partial charge in [-0.15, -0.1) is 0 Å². The van der Waals surface area contributed by atoms with E-state index in [1.807, 2.05) is 36.4 Å². The Morgan fingerprint density at radius 1 is 0.929 bits per heavy atom. The average molecular weight is 392 g/mol. The molecule has 0 aliphatic heterocycles. The van der Waals surface area contributed by atoms with Crippen LogP contribution in [0.1, 0.15) is 11.3 Å². The molecule has 0 amide bonds. The molecule has 0 unspecified atom stereocenters. The Balaban J connectivity index is 1.87. The van der Waals surface area contributed by atoms with Crippen LogP contribution in [0.25, 0.3) is 16.5 Å². The lowest BCUT2D eigenvalue weighted by Gasteiger charge is -2.11. The molecular formula is C21H14ClN3O3. The molecule has 7 heteroatoms. The first-order chi connectivity index (χ1) is 13.5. The topological polar surface area (TPSA) is 78.0 Å². The van der Waals surface area contributed by atoms with E-state index in [4.69, 9.17) is 11.6 Å². The molecule has 3 aromatic carbocycles. The molecule has 0 atom stereocenters. The van der Waals surface area contributed by atoms with Crippen LogP contribution in [0.4, 0.5) is 5.69 Å². The first kappa shape index (κ1) is 17.9. The molecule has 4 rings (SSSR count). The summed E-state index contributed by atoms with van der Waals surface area (Å²) in [5.41, 5.74) is 1.90. The predicted octanol–water partition coefficient (Wildman–Crippen LogP) is 4.54. The second-order valence-electron chi connectivity index (χ2n) is 6.29. The minimum absolute atomic E-state index is 0.0426. The SMILES string of the molecule is O=c1c2ccccc2c(Cc2ccc(Cl)cc2)nn1-c1ccc([N+](=O)[O-])cc1. The number of benzene rings is 3. The molecule has 1 heterocycles. The lowest BCUT2D eigenvalue weighted by Crippen LogP contribution is -2.23. The highest BCUT2D eigenvalue weighted by atomic mass is 35.5. The largest absolute Gasteiger partial charge is 0.279 e. The summed E-state index contributed by atoms with van der Waals surface area (Å²) >= 11 is 5.96. The van der Waals surface area contributed by atoms with Gasteiger partial charge in [0.15, 0.2) is 0 Å². The Morgan fingerprint density at radius 2 is 1.57 bits per heavy atom. The minimum atomic E-state index is -0.480. The number of nitrogens with zero attached hydrogens (tertiary/aromatic N) is 3. The van der Waals surface area contributed by atoms with Crippen molar-refractivity contribution >= 4 is 28.1 Å². The van der Waals surface area contributed by atoms with Gasteiger partial charge in [-0.2, -0.15) is 9.78 Å². The maximum absolute atomic E-state index is 12.9. The lowest BCUT2D eigenvalue weighted by atomic mass is 10.0. The van der Waals surface area contributed by atoms with E-state index >= 15 is 0 Å². The van der Waals surface area contributed by atoms with Crippen LogP contribution in [0.5, 0.6) is 0 Å². The van der Waals surface area contributed by atoms with E-state index in [2.05, 4.69) is 5.10 Å². The van der Waals surface area contributed by atoms with Crippen molar-refractivity contribution in [3.63, 3.8) is 0 Å². The predicted molar refractivity (Wildman–Crippen MR) is 108 cm³/mol. The van der Waals surface area contributed by atoms with Gasteiger partial charge in [0, 0.05) is 29.0 Å². The first-order valence-electron chi connectivity index (χ1n) is 8.53. The molecule has 0 spiro atoms. The molecule has 0 fully saturated rings. The third-order valence-electron chi connectivity index (χ3n) is 4.47. The van der Waals surface area contributed by atoms with E-state index < -0.39 is 4.92 Å². The zero-order valence-electron chi connectivity index (χ0n) is 14.6. The van der Waals surface area contributed by atoms with Gasteiger partial charge in [0.1, 0.15) is 0 Å². The van der Waals surface area contributed by atoms with Crippen molar-refractivity contribution in [1.29, 1.82) is 0 Å². The fraction of sp³-hybridized carbons (Fsp3) is 0.0476. The smallest absolute Gasteiger partial charge is 0.267 e. The van der Waals surface area contributed by atoms with E-state index in [0.717, 1.165) is 16.6 Å². The minimum Gasteiger partial charge on any atom is -0.267 e. The molecule has 0 N–H and O–H groups in total. The van der Waals surface area contributed by atoms with Gasteiger partial charge in [-0.25, -0.2) is 0 Å². The lowest BCUT2D eigenvalue weighted by molar-refractivity contribution is -0.384. The molecular weight excluding hydrogens is 378 g/mol. The average Bonchev–Trinajstić information content (AvgIpc) is 2.72. The number of nitro groups is 1. The normalized spacial score (nSPS) is 10.9. The van der Waals surface area contributed by atoms with Crippen LogP contribution in [0.15, 0.2) is 77.6 Å². The van der Waals surface area contributed by atoms with Gasteiger partial charge in [-0.05, 0) is 35.9 Å². The maximum atomic E-state index is 12.9. The first-order valence-corrected chi connectivity index (χ1v) is 8.91. The van der Waals surface area contributed by atoms with E-state index in [1.54, 1.807) is 12.1 Å². The Morgan fingerprint density at radius 3 is 2.21 bits per heavy atom. The molecule has 0 aliphatic rings. The van der Waals surface area contributed by atoms with Crippen LogP contribution < -0.4 is 5.56 Å². The number of nitro benzene ring substituents is 1. The summed E-state index contributed by atoms with van der Waals surface area (Å²) in [7, 11) is 0. The van der Waals surface area contributed by atoms with Crippen LogP contribution in [0, 0.1) is 10.1 Å². The maximum Gasteiger partial charge on any atom is 0.279 e. The van der Waals surface area contributed by atoms with Crippen molar-refractivity contribution in [2.75, 3.05) is 0 Å². The van der Waals surface area contributed by atoms with Crippen LogP contribution >= 0.6 is 11.6 Å². The number of hydrogen-bond donors (Lipinski definition) is 0. The number of fused-ring (bicyclic) bond motifs is 1. The fourth-order valence-electron chi connectivity index (χ4n) is 3.07. The number of halogens is 1. The van der Waals surface area contributed by atoms with Gasteiger partial charge in [0.2, 0.25) is 0 Å². The van der Waals surface area contributed by atoms with E-state index in [0.29, 0.717) is 22.5 Å². The van der Waals surface area contributed by atoms with Crippen LogP contribution in [0.3, 0.4) is 0 Å². The third-order valence-corrected chi connectivity index (χ3v) is 4.72. The summed E-state index contributed by atoms with van der Waals surface area (Å²) in [6, 6.07) is 20.5. The van der Waals surface area contributed by atoms with Crippen molar-refractivity contribution in [3.8, 4) is 5.69 Å². The number of non-ortho nitro benzene ring substituents is 1. The van der Waals surface area contributed by atoms with Crippen molar-refractivity contribution in [2.24, 2.45) is 0 Å². The zero-order chi connectivity index (χ0) is 19.7. The van der Waals surface area contributed by atoms with Crippen molar-refractivity contribution < 1.29 is 4.92 Å². The van der Waals surface area contributed by atoms with Crippen LogP contribution in [-0.2, 0) is 6.42 Å². The highest BCUT2D eigenvalue weighted by molar-refractivity contribution is 6.30. The van der Waals surface area contributed by atoms with Crippen molar-refractivity contribution in [1.82, 2.24) is 9.78 Å². The summed E-state index contributed by atoms with van der Waals surface area (Å²) in [5, 5.41) is 17.4. The second-order valence-corrected chi connectivity index (χ2v) is 6.72. The molecule has 0 saturated heterocycles. The molecule has 1 aromatic heterocycles. The summed E-state index contributed by atoms with van der Waals surface area (Å²) < 4.78 is 1.29. The highest BCUT2D eigenvalue weighted by Gasteiger charge is 2.13. The van der Waals surface area contributed by atoms with Crippen molar-refractivity contribution in [3.05, 3.63) is 110 Å². The molecule has 6 nitrogen and oxygen atoms in total. The molecule has 4 aromatic rings. The third kappa shape index (κ3) is 3.37. The second kappa shape index (κ2) is 7.25. The van der Waals surface area contributed by atoms with Crippen LogP contribution in [0.2, 0.25) is 5.02 Å². The number of hydrogen-bond acceptors (Lipinski definition) is 4. The summed E-state index contributed by atoms with van der Waals surface area (Å²) in [6.45, 7) is 0. The fourth-order valence-corrected chi connectivity index (χ4v) is 3.20. The number of rotatable bonds is 4. The molecule has 0 bridgehead atoms. The zero-order valence-corrected chi connectivity index (χ0v) is 15.3. The Bertz CT molecular complexity index is 1230. The standard InChI is InChI=1S/C21H14ClN3O3/c22-15-7-5-14(6-8-15)13-20-18-3-1-2-4-19(18)21(26)24(23-20)16-9-11-17(12-10-16)25(27)28/h1-12H,13H2. The highest BCUT2D eigenvalue weighted by Crippen LogP contribution is 2.20. The van der Waals surface area contributed by atoms with E-state index in [-0.39, 0.29) is 11.2 Å². The molecule has 28 heavy (non-hydrogen) atoms. The van der Waals surface area contributed by atoms with E-state index in [9.17, 15) is 14.9 Å². The Labute approximate surface area is 164 Å². The van der Waals surface area contributed by atoms with Crippen LogP contribution in [-0.4, -0.2) is 14.7 Å². The Kier molecular flexibility index (Phi) is 4.63. The summed E-state index contributed by atoms with van der Waals surface area (Å²) in [4.78, 5) is 23.4. The molecule has 0 aliphatic carbocycles. The molecule has 0 radical (unpaired) electrons. The van der Waals surface area contributed by atoms with Gasteiger partial charge >= 0.3 is 0 Å². The summed E-state index contributed by atoms with van der Waals surface area (Å²) in [5.74, 6) is 0. The monoisotopic (exact) mass is 391 g/mol. The summed E-state index contributed by atoms with van der Waals surface area (Å²) in [6.07, 6.45) is 0.519. The number of aromatic nitrogens is 2. The Hall–Kier alpha value is -3.51.